The highest BCUT2D eigenvalue weighted by Crippen LogP contribution is 2.19. The van der Waals surface area contributed by atoms with Gasteiger partial charge >= 0.3 is 12.2 Å². The van der Waals surface area contributed by atoms with Crippen molar-refractivity contribution in [2.75, 3.05) is 0 Å². The number of guanidine groups is 1. The van der Waals surface area contributed by atoms with E-state index in [1.807, 2.05) is 30.3 Å². The zero-order valence-electron chi connectivity index (χ0n) is 16.5. The van der Waals surface area contributed by atoms with Crippen molar-refractivity contribution in [3.8, 4) is 0 Å². The minimum absolute atomic E-state index is 0.457. The number of carbonyl (C=O) groups is 2. The lowest BCUT2D eigenvalue weighted by Crippen LogP contribution is -2.46. The van der Waals surface area contributed by atoms with Crippen molar-refractivity contribution in [2.45, 2.75) is 52.7 Å². The maximum atomic E-state index is 12.4. The summed E-state index contributed by atoms with van der Waals surface area (Å²) in [4.78, 5) is 24.3. The summed E-state index contributed by atoms with van der Waals surface area (Å²) in [5, 5.41) is 11.9. The van der Waals surface area contributed by atoms with Crippen LogP contribution in [0.4, 0.5) is 9.59 Å². The molecule has 7 nitrogen and oxygen atoms in total. The van der Waals surface area contributed by atoms with Crippen molar-refractivity contribution >= 4 is 36.2 Å². The second-order valence-electron chi connectivity index (χ2n) is 7.57. The normalized spacial score (nSPS) is 11.8. The molecule has 148 valence electrons. The molecule has 1 aromatic carbocycles. The van der Waals surface area contributed by atoms with Crippen molar-refractivity contribution in [3.05, 3.63) is 41.3 Å². The van der Waals surface area contributed by atoms with Gasteiger partial charge in [-0.05, 0) is 70.5 Å². The number of ether oxygens (including phenoxy) is 2. The highest BCUT2D eigenvalue weighted by Gasteiger charge is 2.27. The van der Waals surface area contributed by atoms with Crippen LogP contribution in [0.15, 0.2) is 35.7 Å². The number of hydrogen-bond donors (Lipinski definition) is 2. The van der Waals surface area contributed by atoms with E-state index in [1.54, 1.807) is 53.0 Å². The first-order valence-corrected chi connectivity index (χ1v) is 9.21. The van der Waals surface area contributed by atoms with Crippen molar-refractivity contribution in [1.29, 1.82) is 5.41 Å². The van der Waals surface area contributed by atoms with Gasteiger partial charge in [0, 0.05) is 0 Å². The number of benzene rings is 1. The molecule has 2 N–H and O–H groups in total. The van der Waals surface area contributed by atoms with Crippen LogP contribution in [0.3, 0.4) is 0 Å². The number of nitrogens with zero attached hydrogens (tertiary/aromatic N) is 1. The van der Waals surface area contributed by atoms with Crippen molar-refractivity contribution in [2.24, 2.45) is 0 Å². The molecule has 0 saturated carbocycles. The van der Waals surface area contributed by atoms with E-state index >= 15 is 0 Å². The predicted molar refractivity (Wildman–Crippen MR) is 108 cm³/mol. The predicted octanol–water partition coefficient (Wildman–Crippen LogP) is 5.00. The van der Waals surface area contributed by atoms with E-state index < -0.39 is 29.3 Å². The molecule has 1 rings (SSSR count). The first kappa shape index (κ1) is 22.6. The Morgan fingerprint density at radius 1 is 1.04 bits per heavy atom. The summed E-state index contributed by atoms with van der Waals surface area (Å²) in [6.45, 7) is 10.3. The van der Waals surface area contributed by atoms with E-state index in [1.165, 1.54) is 0 Å². The largest absolute Gasteiger partial charge is 0.444 e. The van der Waals surface area contributed by atoms with Gasteiger partial charge in [0.25, 0.3) is 0 Å². The van der Waals surface area contributed by atoms with E-state index in [-0.39, 0.29) is 0 Å². The molecule has 8 heteroatoms. The Morgan fingerprint density at radius 2 is 1.59 bits per heavy atom. The lowest BCUT2D eigenvalue weighted by atomic mass is 10.2. The first-order valence-electron chi connectivity index (χ1n) is 8.37. The lowest BCUT2D eigenvalue weighted by Gasteiger charge is -2.26. The Balaban J connectivity index is 2.86. The van der Waals surface area contributed by atoms with Crippen LogP contribution in [0.1, 0.15) is 47.1 Å². The van der Waals surface area contributed by atoms with Crippen LogP contribution in [0, 0.1) is 5.41 Å². The third-order valence-electron chi connectivity index (χ3n) is 2.61. The number of amides is 2. The summed E-state index contributed by atoms with van der Waals surface area (Å²) in [6, 6.07) is 9.49. The lowest BCUT2D eigenvalue weighted by molar-refractivity contribution is 0.0464. The maximum Gasteiger partial charge on any atom is 0.427 e. The highest BCUT2D eigenvalue weighted by molar-refractivity contribution is 8.01. The molecule has 0 bridgehead atoms. The van der Waals surface area contributed by atoms with Crippen molar-refractivity contribution in [1.82, 2.24) is 9.62 Å². The molecule has 0 fully saturated rings. The second-order valence-corrected chi connectivity index (χ2v) is 8.42. The standard InChI is InChI=1S/C19H27N3O4S/c1-18(2,3)25-16(23)21-15(20)22(17(24)26-19(4,5)6)27-13-12-14-10-8-7-9-11-14/h7-13H,1-6H3,(H2,20,21,23). The van der Waals surface area contributed by atoms with E-state index in [9.17, 15) is 9.59 Å². The molecule has 0 aliphatic rings. The first-order chi connectivity index (χ1) is 12.4. The van der Waals surface area contributed by atoms with Gasteiger partial charge in [0.2, 0.25) is 5.96 Å². The summed E-state index contributed by atoms with van der Waals surface area (Å²) < 4.78 is 11.4. The Bertz CT molecular complexity index is 691. The van der Waals surface area contributed by atoms with Gasteiger partial charge < -0.3 is 9.47 Å². The third-order valence-corrected chi connectivity index (χ3v) is 3.41. The van der Waals surface area contributed by atoms with E-state index in [0.717, 1.165) is 21.8 Å². The molecule has 0 heterocycles. The van der Waals surface area contributed by atoms with Crippen LogP contribution >= 0.6 is 11.9 Å². The number of alkyl carbamates (subject to hydrolysis) is 1. The SMILES string of the molecule is CC(C)(C)OC(=O)NC(=N)N(SC=Cc1ccccc1)C(=O)OC(C)(C)C. The fraction of sp³-hybridized carbons (Fsp3) is 0.421. The molecular weight excluding hydrogens is 366 g/mol. The molecule has 0 spiro atoms. The van der Waals surface area contributed by atoms with Gasteiger partial charge in [-0.2, -0.15) is 4.31 Å². The number of hydrogen-bond acceptors (Lipinski definition) is 6. The average molecular weight is 394 g/mol. The summed E-state index contributed by atoms with van der Waals surface area (Å²) >= 11 is 0.917. The third kappa shape index (κ3) is 9.69. The molecular formula is C19H27N3O4S. The van der Waals surface area contributed by atoms with Crippen LogP contribution in [0.25, 0.3) is 6.08 Å². The van der Waals surface area contributed by atoms with E-state index in [4.69, 9.17) is 14.9 Å². The average Bonchev–Trinajstić information content (AvgIpc) is 2.48. The Kier molecular flexibility index (Phi) is 7.90. The van der Waals surface area contributed by atoms with Crippen LogP contribution in [0.5, 0.6) is 0 Å². The fourth-order valence-corrected chi connectivity index (χ4v) is 2.29. The number of carbonyl (C=O) groups excluding carboxylic acids is 2. The summed E-state index contributed by atoms with van der Waals surface area (Å²) in [7, 11) is 0. The maximum absolute atomic E-state index is 12.4. The van der Waals surface area contributed by atoms with Gasteiger partial charge in [-0.25, -0.2) is 9.59 Å². The Morgan fingerprint density at radius 3 is 2.11 bits per heavy atom. The van der Waals surface area contributed by atoms with Gasteiger partial charge in [-0.3, -0.25) is 10.7 Å². The quantitative estimate of drug-likeness (QED) is 0.428. The molecule has 0 aromatic heterocycles. The summed E-state index contributed by atoms with van der Waals surface area (Å²) in [5.41, 5.74) is -0.534. The van der Waals surface area contributed by atoms with Crippen LogP contribution in [0.2, 0.25) is 0 Å². The summed E-state index contributed by atoms with van der Waals surface area (Å²) in [5.74, 6) is -0.457. The van der Waals surface area contributed by atoms with Crippen molar-refractivity contribution < 1.29 is 19.1 Å². The van der Waals surface area contributed by atoms with E-state index in [0.29, 0.717) is 0 Å². The minimum atomic E-state index is -0.825. The molecule has 0 aliphatic carbocycles. The Hall–Kier alpha value is -2.48. The van der Waals surface area contributed by atoms with Crippen molar-refractivity contribution in [3.63, 3.8) is 0 Å². The van der Waals surface area contributed by atoms with Gasteiger partial charge in [0.15, 0.2) is 0 Å². The topological polar surface area (TPSA) is 91.7 Å². The van der Waals surface area contributed by atoms with Gasteiger partial charge in [-0.1, -0.05) is 30.3 Å². The fourth-order valence-electron chi connectivity index (χ4n) is 1.68. The highest BCUT2D eigenvalue weighted by atomic mass is 32.2. The molecule has 1 aromatic rings. The second kappa shape index (κ2) is 9.45. The van der Waals surface area contributed by atoms with Crippen LogP contribution < -0.4 is 5.32 Å². The monoisotopic (exact) mass is 393 g/mol. The molecule has 0 aliphatic heterocycles. The molecule has 2 amide bonds. The van der Waals surface area contributed by atoms with E-state index in [2.05, 4.69) is 5.32 Å². The summed E-state index contributed by atoms with van der Waals surface area (Å²) in [6.07, 6.45) is 0.183. The molecule has 0 radical (unpaired) electrons. The van der Waals surface area contributed by atoms with Crippen LogP contribution in [-0.4, -0.2) is 33.7 Å². The number of rotatable bonds is 3. The molecule has 0 unspecified atom stereocenters. The zero-order valence-corrected chi connectivity index (χ0v) is 17.3. The van der Waals surface area contributed by atoms with Gasteiger partial charge in [0.1, 0.15) is 11.2 Å². The van der Waals surface area contributed by atoms with Crippen LogP contribution in [-0.2, 0) is 9.47 Å². The molecule has 0 atom stereocenters. The Labute approximate surface area is 164 Å². The molecule has 0 saturated heterocycles. The smallest absolute Gasteiger partial charge is 0.427 e. The van der Waals surface area contributed by atoms with Gasteiger partial charge in [-0.15, -0.1) is 0 Å². The van der Waals surface area contributed by atoms with Gasteiger partial charge in [0.05, 0.1) is 0 Å². The molecule has 27 heavy (non-hydrogen) atoms. The zero-order chi connectivity index (χ0) is 20.7. The number of nitrogens with one attached hydrogen (secondary N) is 2. The minimum Gasteiger partial charge on any atom is -0.444 e.